The van der Waals surface area contributed by atoms with Crippen molar-refractivity contribution >= 4 is 5.69 Å². The van der Waals surface area contributed by atoms with Crippen LogP contribution in [0.2, 0.25) is 0 Å². The Labute approximate surface area is 122 Å². The zero-order valence-electron chi connectivity index (χ0n) is 13.1. The van der Waals surface area contributed by atoms with Crippen molar-refractivity contribution in [3.8, 4) is 0 Å². The monoisotopic (exact) mass is 278 g/mol. The van der Waals surface area contributed by atoms with Gasteiger partial charge in [-0.1, -0.05) is 33.8 Å². The molecule has 1 aliphatic heterocycles. The smallest absolute Gasteiger partial charge is 0.146 e. The van der Waals surface area contributed by atoms with Crippen molar-refractivity contribution in [2.45, 2.75) is 59.2 Å². The fraction of sp³-hybridized carbons (Fsp3) is 0.647. The first-order valence-electron chi connectivity index (χ1n) is 7.77. The Hall–Kier alpha value is -1.09. The average molecular weight is 278 g/mol. The van der Waals surface area contributed by atoms with Gasteiger partial charge in [0.05, 0.1) is 5.69 Å². The van der Waals surface area contributed by atoms with Crippen molar-refractivity contribution in [1.82, 2.24) is 5.32 Å². The Kier molecular flexibility index (Phi) is 5.03. The molecule has 1 aromatic carbocycles. The van der Waals surface area contributed by atoms with E-state index in [0.717, 1.165) is 24.3 Å². The van der Waals surface area contributed by atoms with E-state index < -0.39 is 0 Å². The summed E-state index contributed by atoms with van der Waals surface area (Å²) in [6, 6.07) is 6.57. The lowest BCUT2D eigenvalue weighted by atomic mass is 10.0. The Morgan fingerprint density at radius 3 is 2.65 bits per heavy atom. The van der Waals surface area contributed by atoms with Gasteiger partial charge in [-0.25, -0.2) is 4.39 Å². The highest BCUT2D eigenvalue weighted by Gasteiger charge is 2.28. The van der Waals surface area contributed by atoms with Gasteiger partial charge in [-0.05, 0) is 36.5 Å². The van der Waals surface area contributed by atoms with E-state index in [0.29, 0.717) is 18.0 Å². The topological polar surface area (TPSA) is 15.3 Å². The van der Waals surface area contributed by atoms with Crippen LogP contribution < -0.4 is 10.2 Å². The first-order valence-corrected chi connectivity index (χ1v) is 7.77. The van der Waals surface area contributed by atoms with Crippen LogP contribution in [0.4, 0.5) is 10.1 Å². The van der Waals surface area contributed by atoms with Crippen molar-refractivity contribution in [3.05, 3.63) is 29.6 Å². The molecule has 1 saturated heterocycles. The summed E-state index contributed by atoms with van der Waals surface area (Å²) in [5.41, 5.74) is 1.79. The van der Waals surface area contributed by atoms with Crippen molar-refractivity contribution in [3.63, 3.8) is 0 Å². The third-order valence-corrected chi connectivity index (χ3v) is 4.10. The molecular weight excluding hydrogens is 251 g/mol. The number of anilines is 1. The van der Waals surface area contributed by atoms with Crippen LogP contribution in [0.3, 0.4) is 0 Å². The van der Waals surface area contributed by atoms with Gasteiger partial charge in [-0.15, -0.1) is 0 Å². The lowest BCUT2D eigenvalue weighted by molar-refractivity contribution is 0.485. The molecule has 1 heterocycles. The van der Waals surface area contributed by atoms with Crippen LogP contribution in [0.25, 0.3) is 0 Å². The van der Waals surface area contributed by atoms with Crippen LogP contribution in [0.15, 0.2) is 18.2 Å². The van der Waals surface area contributed by atoms with E-state index >= 15 is 0 Å². The summed E-state index contributed by atoms with van der Waals surface area (Å²) < 4.78 is 14.4. The third kappa shape index (κ3) is 3.51. The van der Waals surface area contributed by atoms with Gasteiger partial charge in [0, 0.05) is 25.2 Å². The minimum absolute atomic E-state index is 0.0828. The number of nitrogens with zero attached hydrogens (tertiary/aromatic N) is 1. The lowest BCUT2D eigenvalue weighted by Gasteiger charge is -2.30. The standard InChI is InChI=1S/C17H27FN2/c1-12(2)16-6-5-9-20(16)17-8-7-14(10-15(17)18)11-19-13(3)4/h7-8,10,12-13,16,19H,5-6,9,11H2,1-4H3. The molecule has 3 heteroatoms. The Bertz CT molecular complexity index is 443. The number of rotatable bonds is 5. The van der Waals surface area contributed by atoms with Gasteiger partial charge in [-0.3, -0.25) is 0 Å². The maximum absolute atomic E-state index is 14.4. The van der Waals surface area contributed by atoms with E-state index in [1.807, 2.05) is 12.1 Å². The summed E-state index contributed by atoms with van der Waals surface area (Å²) >= 11 is 0. The zero-order chi connectivity index (χ0) is 14.7. The minimum Gasteiger partial charge on any atom is -0.366 e. The summed E-state index contributed by atoms with van der Waals surface area (Å²) in [6.45, 7) is 10.3. The van der Waals surface area contributed by atoms with E-state index in [2.05, 4.69) is 37.9 Å². The van der Waals surface area contributed by atoms with Crippen LogP contribution in [-0.2, 0) is 6.54 Å². The van der Waals surface area contributed by atoms with Crippen LogP contribution in [-0.4, -0.2) is 18.6 Å². The van der Waals surface area contributed by atoms with Crippen LogP contribution in [0.1, 0.15) is 46.1 Å². The highest BCUT2D eigenvalue weighted by atomic mass is 19.1. The van der Waals surface area contributed by atoms with Crippen molar-refractivity contribution in [2.24, 2.45) is 5.92 Å². The fourth-order valence-electron chi connectivity index (χ4n) is 3.00. The van der Waals surface area contributed by atoms with E-state index in [9.17, 15) is 4.39 Å². The van der Waals surface area contributed by atoms with Gasteiger partial charge in [0.25, 0.3) is 0 Å². The number of hydrogen-bond donors (Lipinski definition) is 1. The highest BCUT2D eigenvalue weighted by Crippen LogP contribution is 2.31. The molecular formula is C17H27FN2. The Morgan fingerprint density at radius 1 is 1.30 bits per heavy atom. The molecule has 0 spiro atoms. The van der Waals surface area contributed by atoms with Gasteiger partial charge in [-0.2, -0.15) is 0 Å². The maximum atomic E-state index is 14.4. The molecule has 1 fully saturated rings. The van der Waals surface area contributed by atoms with E-state index in [4.69, 9.17) is 0 Å². The predicted octanol–water partition coefficient (Wildman–Crippen LogP) is 3.95. The molecule has 0 aliphatic carbocycles. The second-order valence-electron chi connectivity index (χ2n) is 6.47. The van der Waals surface area contributed by atoms with Gasteiger partial charge in [0.15, 0.2) is 0 Å². The highest BCUT2D eigenvalue weighted by molar-refractivity contribution is 5.51. The van der Waals surface area contributed by atoms with Crippen LogP contribution in [0, 0.1) is 11.7 Å². The lowest BCUT2D eigenvalue weighted by Crippen LogP contribution is -2.34. The quantitative estimate of drug-likeness (QED) is 0.877. The second kappa shape index (κ2) is 6.57. The first-order chi connectivity index (χ1) is 9.49. The molecule has 0 saturated carbocycles. The molecule has 1 N–H and O–H groups in total. The summed E-state index contributed by atoms with van der Waals surface area (Å²) in [7, 11) is 0. The zero-order valence-corrected chi connectivity index (χ0v) is 13.1. The van der Waals surface area contributed by atoms with Gasteiger partial charge in [0.1, 0.15) is 5.82 Å². The Balaban J connectivity index is 2.13. The van der Waals surface area contributed by atoms with Gasteiger partial charge < -0.3 is 10.2 Å². The number of halogens is 1. The molecule has 1 atom stereocenters. The summed E-state index contributed by atoms with van der Waals surface area (Å²) in [5.74, 6) is 0.486. The van der Waals surface area contributed by atoms with Crippen molar-refractivity contribution < 1.29 is 4.39 Å². The van der Waals surface area contributed by atoms with Gasteiger partial charge in [0.2, 0.25) is 0 Å². The van der Waals surface area contributed by atoms with E-state index in [1.165, 1.54) is 12.8 Å². The molecule has 112 valence electrons. The summed E-state index contributed by atoms with van der Waals surface area (Å²) in [4.78, 5) is 2.25. The molecule has 2 rings (SSSR count). The minimum atomic E-state index is -0.0828. The molecule has 1 aromatic rings. The van der Waals surface area contributed by atoms with E-state index in [-0.39, 0.29) is 5.82 Å². The molecule has 0 bridgehead atoms. The third-order valence-electron chi connectivity index (χ3n) is 4.10. The van der Waals surface area contributed by atoms with E-state index in [1.54, 1.807) is 6.07 Å². The van der Waals surface area contributed by atoms with Crippen LogP contribution in [0.5, 0.6) is 0 Å². The number of nitrogens with one attached hydrogen (secondary N) is 1. The first kappa shape index (κ1) is 15.3. The number of benzene rings is 1. The predicted molar refractivity (Wildman–Crippen MR) is 83.6 cm³/mol. The molecule has 1 unspecified atom stereocenters. The average Bonchev–Trinajstić information content (AvgIpc) is 2.85. The normalized spacial score (nSPS) is 19.4. The van der Waals surface area contributed by atoms with Crippen molar-refractivity contribution in [1.29, 1.82) is 0 Å². The second-order valence-corrected chi connectivity index (χ2v) is 6.47. The van der Waals surface area contributed by atoms with Gasteiger partial charge >= 0.3 is 0 Å². The summed E-state index contributed by atoms with van der Waals surface area (Å²) in [6.07, 6.45) is 2.34. The maximum Gasteiger partial charge on any atom is 0.146 e. The molecule has 0 radical (unpaired) electrons. The molecule has 2 nitrogen and oxygen atoms in total. The summed E-state index contributed by atoms with van der Waals surface area (Å²) in [5, 5.41) is 3.32. The largest absolute Gasteiger partial charge is 0.366 e. The molecule has 0 amide bonds. The SMILES string of the molecule is CC(C)NCc1ccc(N2CCCC2C(C)C)c(F)c1. The molecule has 0 aromatic heterocycles. The number of hydrogen-bond acceptors (Lipinski definition) is 2. The molecule has 20 heavy (non-hydrogen) atoms. The fourth-order valence-corrected chi connectivity index (χ4v) is 3.00. The van der Waals surface area contributed by atoms with Crippen molar-refractivity contribution in [2.75, 3.05) is 11.4 Å². The molecule has 1 aliphatic rings. The van der Waals surface area contributed by atoms with Crippen LogP contribution >= 0.6 is 0 Å². The Morgan fingerprint density at radius 2 is 2.05 bits per heavy atom.